The molecule has 0 saturated carbocycles. The Morgan fingerprint density at radius 3 is 2.78 bits per heavy atom. The zero-order chi connectivity index (χ0) is 13.3. The topological polar surface area (TPSA) is 85.1 Å². The van der Waals surface area contributed by atoms with Gasteiger partial charge in [0.2, 0.25) is 0 Å². The Hall–Kier alpha value is -1.19. The molecule has 0 aliphatic carbocycles. The molecular formula is C9H7BrFN3O2S2. The second-order valence-corrected chi connectivity index (χ2v) is 6.65. The summed E-state index contributed by atoms with van der Waals surface area (Å²) in [5.74, 6) is -0.624. The third-order valence-corrected chi connectivity index (χ3v) is 4.82. The molecule has 0 radical (unpaired) electrons. The number of benzene rings is 1. The highest BCUT2D eigenvalue weighted by molar-refractivity contribution is 9.10. The van der Waals surface area contributed by atoms with Crippen molar-refractivity contribution < 1.29 is 12.8 Å². The predicted molar refractivity (Wildman–Crippen MR) is 71.4 cm³/mol. The average Bonchev–Trinajstić information content (AvgIpc) is 2.75. The molecule has 0 unspecified atom stereocenters. The van der Waals surface area contributed by atoms with Crippen LogP contribution in [0.15, 0.2) is 33.1 Å². The standard InChI is InChI=1S/C9H7BrFN3O2S2/c10-5-3-8(7(12)4-6(5)11)18(15,16)14-9-13-1-2-17-9/h1-4H,12H2,(H,13,14). The van der Waals surface area contributed by atoms with Crippen LogP contribution < -0.4 is 10.5 Å². The zero-order valence-corrected chi connectivity index (χ0v) is 11.9. The summed E-state index contributed by atoms with van der Waals surface area (Å²) >= 11 is 4.04. The fourth-order valence-electron chi connectivity index (χ4n) is 1.22. The molecular weight excluding hydrogens is 345 g/mol. The lowest BCUT2D eigenvalue weighted by Crippen LogP contribution is -2.15. The summed E-state index contributed by atoms with van der Waals surface area (Å²) in [6.07, 6.45) is 1.46. The van der Waals surface area contributed by atoms with E-state index in [1.54, 1.807) is 5.38 Å². The number of halogens is 2. The molecule has 0 bridgehead atoms. The van der Waals surface area contributed by atoms with Crippen molar-refractivity contribution in [3.8, 4) is 0 Å². The molecule has 0 atom stereocenters. The van der Waals surface area contributed by atoms with Gasteiger partial charge in [-0.3, -0.25) is 4.72 Å². The van der Waals surface area contributed by atoms with Gasteiger partial charge in [0, 0.05) is 11.6 Å². The number of rotatable bonds is 3. The van der Waals surface area contributed by atoms with Gasteiger partial charge in [0.25, 0.3) is 10.0 Å². The first-order valence-corrected chi connectivity index (χ1v) is 7.72. The minimum atomic E-state index is -3.88. The quantitative estimate of drug-likeness (QED) is 0.831. The van der Waals surface area contributed by atoms with E-state index in [2.05, 4.69) is 25.6 Å². The van der Waals surface area contributed by atoms with E-state index in [9.17, 15) is 12.8 Å². The maximum Gasteiger partial charge on any atom is 0.265 e. The molecule has 2 rings (SSSR count). The number of thiazole rings is 1. The van der Waals surface area contributed by atoms with Crippen LogP contribution >= 0.6 is 27.3 Å². The molecule has 0 aliphatic rings. The maximum atomic E-state index is 13.2. The summed E-state index contributed by atoms with van der Waals surface area (Å²) in [6.45, 7) is 0. The van der Waals surface area contributed by atoms with Gasteiger partial charge < -0.3 is 5.73 Å². The van der Waals surface area contributed by atoms with E-state index in [0.29, 0.717) is 0 Å². The fraction of sp³-hybridized carbons (Fsp3) is 0. The molecule has 18 heavy (non-hydrogen) atoms. The van der Waals surface area contributed by atoms with Gasteiger partial charge in [0.15, 0.2) is 5.13 Å². The number of nitrogens with one attached hydrogen (secondary N) is 1. The summed E-state index contributed by atoms with van der Waals surface area (Å²) in [7, 11) is -3.88. The van der Waals surface area contributed by atoms with Crippen LogP contribution in [0.25, 0.3) is 0 Å². The second-order valence-electron chi connectivity index (χ2n) is 3.25. The minimum absolute atomic E-state index is 0.0243. The Morgan fingerprint density at radius 2 is 2.17 bits per heavy atom. The number of nitrogen functional groups attached to an aromatic ring is 1. The minimum Gasteiger partial charge on any atom is -0.398 e. The van der Waals surface area contributed by atoms with Crippen LogP contribution in [0.2, 0.25) is 0 Å². The Kier molecular flexibility index (Phi) is 3.55. The highest BCUT2D eigenvalue weighted by Crippen LogP contribution is 2.27. The monoisotopic (exact) mass is 351 g/mol. The van der Waals surface area contributed by atoms with E-state index in [1.165, 1.54) is 6.20 Å². The van der Waals surface area contributed by atoms with Crippen molar-refractivity contribution in [1.29, 1.82) is 0 Å². The number of aromatic nitrogens is 1. The third-order valence-electron chi connectivity index (χ3n) is 2.00. The summed E-state index contributed by atoms with van der Waals surface area (Å²) in [4.78, 5) is 3.60. The van der Waals surface area contributed by atoms with Gasteiger partial charge in [-0.1, -0.05) is 0 Å². The fourth-order valence-corrected chi connectivity index (χ4v) is 3.64. The molecule has 1 aromatic heterocycles. The van der Waals surface area contributed by atoms with E-state index in [-0.39, 0.29) is 20.2 Å². The van der Waals surface area contributed by atoms with Crippen molar-refractivity contribution in [2.45, 2.75) is 4.90 Å². The molecule has 1 heterocycles. The van der Waals surface area contributed by atoms with Crippen LogP contribution in [-0.4, -0.2) is 13.4 Å². The van der Waals surface area contributed by atoms with Crippen LogP contribution in [0.5, 0.6) is 0 Å². The van der Waals surface area contributed by atoms with Crippen molar-refractivity contribution in [1.82, 2.24) is 4.98 Å². The van der Waals surface area contributed by atoms with Gasteiger partial charge in [-0.15, -0.1) is 11.3 Å². The number of hydrogen-bond acceptors (Lipinski definition) is 5. The van der Waals surface area contributed by atoms with Crippen molar-refractivity contribution >= 4 is 48.1 Å². The summed E-state index contributed by atoms with van der Waals surface area (Å²) in [5.41, 5.74) is 5.34. The lowest BCUT2D eigenvalue weighted by Gasteiger charge is -2.08. The Balaban J connectivity index is 2.44. The molecule has 0 amide bonds. The molecule has 9 heteroatoms. The van der Waals surface area contributed by atoms with Gasteiger partial charge in [-0.25, -0.2) is 17.8 Å². The van der Waals surface area contributed by atoms with Gasteiger partial charge in [0.05, 0.1) is 10.2 Å². The van der Waals surface area contributed by atoms with Crippen molar-refractivity contribution in [2.24, 2.45) is 0 Å². The van der Waals surface area contributed by atoms with Gasteiger partial charge in [0.1, 0.15) is 10.7 Å². The third kappa shape index (κ3) is 2.62. The van der Waals surface area contributed by atoms with Crippen LogP contribution in [0.1, 0.15) is 0 Å². The highest BCUT2D eigenvalue weighted by atomic mass is 79.9. The van der Waals surface area contributed by atoms with Gasteiger partial charge in [-0.2, -0.15) is 0 Å². The first kappa shape index (κ1) is 13.2. The second kappa shape index (κ2) is 4.82. The van der Waals surface area contributed by atoms with E-state index >= 15 is 0 Å². The zero-order valence-electron chi connectivity index (χ0n) is 8.72. The smallest absolute Gasteiger partial charge is 0.265 e. The molecule has 5 nitrogen and oxygen atoms in total. The molecule has 1 aromatic carbocycles. The molecule has 3 N–H and O–H groups in total. The molecule has 0 spiro atoms. The number of nitrogens with zero attached hydrogens (tertiary/aromatic N) is 1. The number of anilines is 2. The van der Waals surface area contributed by atoms with Crippen molar-refractivity contribution in [3.05, 3.63) is 34.0 Å². The SMILES string of the molecule is Nc1cc(F)c(Br)cc1S(=O)(=O)Nc1nccs1. The predicted octanol–water partition coefficient (Wildman–Crippen LogP) is 2.43. The van der Waals surface area contributed by atoms with Crippen LogP contribution in [-0.2, 0) is 10.0 Å². The number of hydrogen-bond donors (Lipinski definition) is 2. The molecule has 96 valence electrons. The van der Waals surface area contributed by atoms with Crippen molar-refractivity contribution in [2.75, 3.05) is 10.5 Å². The number of nitrogens with two attached hydrogens (primary N) is 1. The Bertz CT molecular complexity index is 673. The lowest BCUT2D eigenvalue weighted by molar-refractivity contribution is 0.599. The molecule has 0 fully saturated rings. The van der Waals surface area contributed by atoms with E-state index < -0.39 is 15.8 Å². The average molecular weight is 352 g/mol. The Morgan fingerprint density at radius 1 is 1.44 bits per heavy atom. The summed E-state index contributed by atoms with van der Waals surface area (Å²) < 4.78 is 39.5. The van der Waals surface area contributed by atoms with E-state index in [1.807, 2.05) is 0 Å². The highest BCUT2D eigenvalue weighted by Gasteiger charge is 2.20. The lowest BCUT2D eigenvalue weighted by atomic mass is 10.3. The van der Waals surface area contributed by atoms with Crippen molar-refractivity contribution in [3.63, 3.8) is 0 Å². The summed E-state index contributed by atoms with van der Waals surface area (Å²) in [5, 5.41) is 1.84. The Labute approximate surface area is 115 Å². The number of sulfonamides is 1. The van der Waals surface area contributed by atoms with Crippen LogP contribution in [0, 0.1) is 5.82 Å². The van der Waals surface area contributed by atoms with Crippen LogP contribution in [0.4, 0.5) is 15.2 Å². The van der Waals surface area contributed by atoms with E-state index in [0.717, 1.165) is 23.5 Å². The van der Waals surface area contributed by atoms with E-state index in [4.69, 9.17) is 5.73 Å². The van der Waals surface area contributed by atoms with Crippen LogP contribution in [0.3, 0.4) is 0 Å². The molecule has 0 aliphatic heterocycles. The first-order valence-electron chi connectivity index (χ1n) is 4.57. The maximum absolute atomic E-state index is 13.2. The van der Waals surface area contributed by atoms with Gasteiger partial charge in [-0.05, 0) is 28.1 Å². The first-order chi connectivity index (χ1) is 8.40. The largest absolute Gasteiger partial charge is 0.398 e. The normalized spacial score (nSPS) is 11.4. The van der Waals surface area contributed by atoms with Gasteiger partial charge >= 0.3 is 0 Å². The summed E-state index contributed by atoms with van der Waals surface area (Å²) in [6, 6.07) is 2.06. The molecule has 2 aromatic rings. The molecule has 0 saturated heterocycles.